The minimum absolute atomic E-state index is 0.0597. The van der Waals surface area contributed by atoms with E-state index in [0.29, 0.717) is 19.6 Å². The molecule has 0 saturated heterocycles. The van der Waals surface area contributed by atoms with Crippen molar-refractivity contribution in [2.45, 2.75) is 13.3 Å². The number of hydrogen-bond donors (Lipinski definition) is 1. The van der Waals surface area contributed by atoms with E-state index >= 15 is 0 Å². The minimum atomic E-state index is -0.613. The lowest BCUT2D eigenvalue weighted by Crippen LogP contribution is -2.37. The van der Waals surface area contributed by atoms with Crippen LogP contribution in [0.2, 0.25) is 10.0 Å². The largest absolute Gasteiger partial charge is 0.506 e. The van der Waals surface area contributed by atoms with Crippen molar-refractivity contribution in [3.8, 4) is 5.75 Å². The van der Waals surface area contributed by atoms with E-state index in [4.69, 9.17) is 37.4 Å². The molecule has 0 aromatic heterocycles. The number of aromatic hydroxyl groups is 1. The zero-order valence-electron chi connectivity index (χ0n) is 17.5. The molecular weight excluding hydrogens is 433 g/mol. The lowest BCUT2D eigenvalue weighted by atomic mass is 10.1. The number of rotatable bonds is 11. The summed E-state index contributed by atoms with van der Waals surface area (Å²) < 4.78 is 15.1. The van der Waals surface area contributed by atoms with Gasteiger partial charge in [-0.25, -0.2) is 0 Å². The Morgan fingerprint density at radius 2 is 1.73 bits per heavy atom. The molecule has 1 N–H and O–H groups in total. The molecule has 0 fully saturated rings. The standard InChI is InChI=1S/C21H27Cl2NO6/c1-5-6-14(7-15(12-28-2)13-29-3)10-24(11-19(25)30-4)21(27)17-8-16(22)9-18(23)20(17)26/h6-9,26H,5,10-13H2,1-4H3/b14-6+. The number of methoxy groups -OCH3 is 3. The van der Waals surface area contributed by atoms with Crippen molar-refractivity contribution in [2.75, 3.05) is 47.6 Å². The Hall–Kier alpha value is -2.06. The van der Waals surface area contributed by atoms with Crippen LogP contribution in [0.15, 0.2) is 35.4 Å². The highest BCUT2D eigenvalue weighted by Gasteiger charge is 2.24. The molecule has 0 aliphatic carbocycles. The SMILES string of the molecule is CC/C=C(\C=C(COC)COC)CN(CC(=O)OC)C(=O)c1cc(Cl)cc(Cl)c1O. The van der Waals surface area contributed by atoms with E-state index in [-0.39, 0.29) is 28.7 Å². The summed E-state index contributed by atoms with van der Waals surface area (Å²) in [6.45, 7) is 2.42. The Kier molecular flexibility index (Phi) is 11.5. The number of esters is 1. The van der Waals surface area contributed by atoms with Crippen LogP contribution < -0.4 is 0 Å². The van der Waals surface area contributed by atoms with Gasteiger partial charge in [-0.2, -0.15) is 0 Å². The molecule has 0 aliphatic heterocycles. The highest BCUT2D eigenvalue weighted by Crippen LogP contribution is 2.32. The van der Waals surface area contributed by atoms with Gasteiger partial charge in [0, 0.05) is 25.8 Å². The minimum Gasteiger partial charge on any atom is -0.506 e. The van der Waals surface area contributed by atoms with Gasteiger partial charge in [-0.1, -0.05) is 42.3 Å². The molecule has 0 saturated carbocycles. The van der Waals surface area contributed by atoms with Gasteiger partial charge in [-0.15, -0.1) is 0 Å². The fourth-order valence-electron chi connectivity index (χ4n) is 2.73. The molecule has 1 rings (SSSR count). The van der Waals surface area contributed by atoms with Gasteiger partial charge in [-0.3, -0.25) is 9.59 Å². The molecule has 0 atom stereocenters. The number of allylic oxidation sites excluding steroid dienone is 1. The molecule has 1 amide bonds. The number of phenolic OH excluding ortho intramolecular Hbond substituents is 1. The highest BCUT2D eigenvalue weighted by atomic mass is 35.5. The molecule has 1 aromatic carbocycles. The first kappa shape index (κ1) is 26.0. The Bertz CT molecular complexity index is 799. The lowest BCUT2D eigenvalue weighted by Gasteiger charge is -2.23. The van der Waals surface area contributed by atoms with E-state index < -0.39 is 17.6 Å². The second kappa shape index (κ2) is 13.3. The molecule has 0 spiro atoms. The molecule has 0 aliphatic rings. The zero-order chi connectivity index (χ0) is 22.7. The molecule has 30 heavy (non-hydrogen) atoms. The fourth-order valence-corrected chi connectivity index (χ4v) is 3.22. The van der Waals surface area contributed by atoms with Crippen LogP contribution in [0.4, 0.5) is 0 Å². The first-order valence-electron chi connectivity index (χ1n) is 9.17. The summed E-state index contributed by atoms with van der Waals surface area (Å²) >= 11 is 11.9. The second-order valence-corrected chi connectivity index (χ2v) is 7.22. The van der Waals surface area contributed by atoms with Crippen molar-refractivity contribution in [3.63, 3.8) is 0 Å². The first-order valence-corrected chi connectivity index (χ1v) is 9.93. The Balaban J connectivity index is 3.32. The van der Waals surface area contributed by atoms with Crippen molar-refractivity contribution in [1.29, 1.82) is 0 Å². The van der Waals surface area contributed by atoms with Crippen molar-refractivity contribution in [1.82, 2.24) is 4.90 Å². The fraction of sp³-hybridized carbons (Fsp3) is 0.429. The Labute approximate surface area is 186 Å². The number of carbonyl (C=O) groups excluding carboxylic acids is 2. The van der Waals surface area contributed by atoms with Crippen LogP contribution in [0.25, 0.3) is 0 Å². The van der Waals surface area contributed by atoms with Gasteiger partial charge in [0.05, 0.1) is 30.9 Å². The van der Waals surface area contributed by atoms with Crippen LogP contribution in [0, 0.1) is 0 Å². The zero-order valence-corrected chi connectivity index (χ0v) is 19.0. The normalized spacial score (nSPS) is 11.2. The van der Waals surface area contributed by atoms with Gasteiger partial charge >= 0.3 is 5.97 Å². The van der Waals surface area contributed by atoms with Crippen molar-refractivity contribution >= 4 is 35.1 Å². The summed E-state index contributed by atoms with van der Waals surface area (Å²) in [6, 6.07) is 2.63. The van der Waals surface area contributed by atoms with Gasteiger partial charge in [0.2, 0.25) is 0 Å². The molecule has 7 nitrogen and oxygen atoms in total. The van der Waals surface area contributed by atoms with Crippen LogP contribution in [0.3, 0.4) is 0 Å². The van der Waals surface area contributed by atoms with Gasteiger partial charge < -0.3 is 24.2 Å². The van der Waals surface area contributed by atoms with Crippen LogP contribution in [-0.4, -0.2) is 69.5 Å². The summed E-state index contributed by atoms with van der Waals surface area (Å²) in [6.07, 6.45) is 4.49. The third kappa shape index (κ3) is 7.99. The molecule has 0 heterocycles. The van der Waals surface area contributed by atoms with E-state index in [1.165, 1.54) is 24.1 Å². The maximum atomic E-state index is 13.1. The Morgan fingerprint density at radius 3 is 2.27 bits per heavy atom. The van der Waals surface area contributed by atoms with Gasteiger partial charge in [0.15, 0.2) is 0 Å². The Morgan fingerprint density at radius 1 is 1.10 bits per heavy atom. The molecule has 166 valence electrons. The van der Waals surface area contributed by atoms with Crippen molar-refractivity contribution in [2.24, 2.45) is 0 Å². The van der Waals surface area contributed by atoms with E-state index in [9.17, 15) is 14.7 Å². The summed E-state index contributed by atoms with van der Waals surface area (Å²) in [5, 5.41) is 10.4. The smallest absolute Gasteiger partial charge is 0.325 e. The highest BCUT2D eigenvalue weighted by molar-refractivity contribution is 6.36. The van der Waals surface area contributed by atoms with Crippen molar-refractivity contribution in [3.05, 3.63) is 51.0 Å². The van der Waals surface area contributed by atoms with Gasteiger partial charge in [0.25, 0.3) is 5.91 Å². The molecule has 0 radical (unpaired) electrons. The summed E-state index contributed by atoms with van der Waals surface area (Å²) in [7, 11) is 4.38. The number of phenols is 1. The number of ether oxygens (including phenoxy) is 3. The summed E-state index contributed by atoms with van der Waals surface area (Å²) in [4.78, 5) is 26.3. The van der Waals surface area contributed by atoms with Crippen LogP contribution in [0.1, 0.15) is 23.7 Å². The van der Waals surface area contributed by atoms with E-state index in [2.05, 4.69) is 0 Å². The predicted molar refractivity (Wildman–Crippen MR) is 116 cm³/mol. The average molecular weight is 460 g/mol. The van der Waals surface area contributed by atoms with Crippen molar-refractivity contribution < 1.29 is 28.9 Å². The molecule has 9 heteroatoms. The molecule has 0 unspecified atom stereocenters. The third-order valence-corrected chi connectivity index (χ3v) is 4.49. The van der Waals surface area contributed by atoms with Crippen LogP contribution >= 0.6 is 23.2 Å². The molecule has 1 aromatic rings. The molecular formula is C21H27Cl2NO6. The monoisotopic (exact) mass is 459 g/mol. The first-order chi connectivity index (χ1) is 14.3. The quantitative estimate of drug-likeness (QED) is 0.399. The maximum absolute atomic E-state index is 13.1. The summed E-state index contributed by atoms with van der Waals surface area (Å²) in [5.74, 6) is -1.63. The second-order valence-electron chi connectivity index (χ2n) is 6.38. The molecule has 0 bridgehead atoms. The number of carbonyl (C=O) groups is 2. The van der Waals surface area contributed by atoms with Gasteiger partial charge in [-0.05, 0) is 29.7 Å². The summed E-state index contributed by atoms with van der Waals surface area (Å²) in [5.41, 5.74) is 1.52. The number of halogens is 2. The number of benzene rings is 1. The lowest BCUT2D eigenvalue weighted by molar-refractivity contribution is -0.141. The van der Waals surface area contributed by atoms with E-state index in [1.807, 2.05) is 19.1 Å². The number of nitrogens with zero attached hydrogens (tertiary/aromatic N) is 1. The van der Waals surface area contributed by atoms with Crippen LogP contribution in [0.5, 0.6) is 5.75 Å². The van der Waals surface area contributed by atoms with Gasteiger partial charge in [0.1, 0.15) is 12.3 Å². The topological polar surface area (TPSA) is 85.3 Å². The number of hydrogen-bond acceptors (Lipinski definition) is 6. The predicted octanol–water partition coefficient (Wildman–Crippen LogP) is 3.87. The van der Waals surface area contributed by atoms with E-state index in [1.54, 1.807) is 14.2 Å². The third-order valence-electron chi connectivity index (χ3n) is 3.98. The average Bonchev–Trinajstić information content (AvgIpc) is 2.70. The maximum Gasteiger partial charge on any atom is 0.325 e. The van der Waals surface area contributed by atoms with Crippen LogP contribution in [-0.2, 0) is 19.0 Å². The number of amides is 1. The van der Waals surface area contributed by atoms with E-state index in [0.717, 1.165) is 11.1 Å².